The minimum Gasteiger partial charge on any atom is -0.338 e. The number of carbonyl (C=O) groups excluding carboxylic acids is 2. The molecule has 2 amide bonds. The Labute approximate surface area is 170 Å². The van der Waals surface area contributed by atoms with E-state index in [1.54, 1.807) is 35.2 Å². The predicted molar refractivity (Wildman–Crippen MR) is 112 cm³/mol. The van der Waals surface area contributed by atoms with Gasteiger partial charge in [0.25, 0.3) is 5.91 Å². The highest BCUT2D eigenvalue weighted by Gasteiger charge is 2.18. The maximum Gasteiger partial charge on any atom is 0.253 e. The average molecular weight is 404 g/mol. The zero-order valence-electron chi connectivity index (χ0n) is 17.2. The van der Waals surface area contributed by atoms with Gasteiger partial charge in [0.15, 0.2) is 5.16 Å². The zero-order chi connectivity index (χ0) is 20.7. The molecule has 0 fully saturated rings. The number of hydrogen-bond donors (Lipinski definition) is 1. The Kier molecular flexibility index (Phi) is 8.04. The summed E-state index contributed by atoms with van der Waals surface area (Å²) in [5.41, 5.74) is 1.20. The van der Waals surface area contributed by atoms with Gasteiger partial charge in [-0.15, -0.1) is 10.2 Å². The van der Waals surface area contributed by atoms with Crippen LogP contribution in [0.4, 0.5) is 5.69 Å². The summed E-state index contributed by atoms with van der Waals surface area (Å²) in [6, 6.07) is 7.11. The number of hydrogen-bond acceptors (Lipinski definition) is 5. The van der Waals surface area contributed by atoms with Gasteiger partial charge in [0.1, 0.15) is 6.33 Å². The highest BCUT2D eigenvalue weighted by atomic mass is 32.2. The maximum atomic E-state index is 13.0. The van der Waals surface area contributed by atoms with Gasteiger partial charge in [-0.3, -0.25) is 9.59 Å². The average Bonchev–Trinajstić information content (AvgIpc) is 3.03. The molecule has 0 saturated carbocycles. The molecule has 0 aliphatic carbocycles. The SMILES string of the molecule is CC(C)CN(CC(C)C)C(=O)c1cccc(NC(=O)CSc2nncn2C)c1. The van der Waals surface area contributed by atoms with Crippen molar-refractivity contribution in [2.45, 2.75) is 32.9 Å². The molecule has 7 nitrogen and oxygen atoms in total. The molecule has 0 bridgehead atoms. The monoisotopic (exact) mass is 403 g/mol. The Bertz CT molecular complexity index is 793. The van der Waals surface area contributed by atoms with Crippen molar-refractivity contribution in [2.24, 2.45) is 18.9 Å². The quantitative estimate of drug-likeness (QED) is 0.650. The first-order chi connectivity index (χ1) is 13.3. The van der Waals surface area contributed by atoms with Gasteiger partial charge in [-0.1, -0.05) is 45.5 Å². The molecular formula is C20H29N5O2S. The molecular weight excluding hydrogens is 374 g/mol. The summed E-state index contributed by atoms with van der Waals surface area (Å²) in [7, 11) is 1.83. The highest BCUT2D eigenvalue weighted by Crippen LogP contribution is 2.17. The second-order valence-electron chi connectivity index (χ2n) is 7.64. The van der Waals surface area contributed by atoms with Crippen LogP contribution in [-0.2, 0) is 11.8 Å². The minimum atomic E-state index is -0.154. The molecule has 1 heterocycles. The van der Waals surface area contributed by atoms with E-state index in [0.717, 1.165) is 0 Å². The van der Waals surface area contributed by atoms with E-state index in [1.165, 1.54) is 11.8 Å². The van der Waals surface area contributed by atoms with E-state index in [4.69, 9.17) is 0 Å². The van der Waals surface area contributed by atoms with Crippen LogP contribution in [-0.4, -0.2) is 50.3 Å². The number of aryl methyl sites for hydroxylation is 1. The van der Waals surface area contributed by atoms with E-state index in [1.807, 2.05) is 11.9 Å². The largest absolute Gasteiger partial charge is 0.338 e. The fourth-order valence-corrected chi connectivity index (χ4v) is 3.45. The van der Waals surface area contributed by atoms with Crippen molar-refractivity contribution < 1.29 is 9.59 Å². The lowest BCUT2D eigenvalue weighted by Gasteiger charge is -2.26. The first-order valence-corrected chi connectivity index (χ1v) is 10.4. The molecule has 2 aromatic rings. The van der Waals surface area contributed by atoms with Crippen LogP contribution in [0, 0.1) is 11.8 Å². The third kappa shape index (κ3) is 6.67. The third-order valence-electron chi connectivity index (χ3n) is 3.85. The van der Waals surface area contributed by atoms with Gasteiger partial charge in [0.2, 0.25) is 5.91 Å². The maximum absolute atomic E-state index is 13.0. The second kappa shape index (κ2) is 10.3. The molecule has 0 aliphatic heterocycles. The molecule has 2 rings (SSSR count). The fraction of sp³-hybridized carbons (Fsp3) is 0.500. The molecule has 152 valence electrons. The molecule has 0 radical (unpaired) electrons. The van der Waals surface area contributed by atoms with Crippen molar-refractivity contribution in [1.29, 1.82) is 0 Å². The normalized spacial score (nSPS) is 11.1. The van der Waals surface area contributed by atoms with Gasteiger partial charge in [0, 0.05) is 31.4 Å². The van der Waals surface area contributed by atoms with Gasteiger partial charge in [-0.05, 0) is 30.0 Å². The molecule has 1 N–H and O–H groups in total. The van der Waals surface area contributed by atoms with Crippen molar-refractivity contribution in [3.63, 3.8) is 0 Å². The van der Waals surface area contributed by atoms with E-state index in [9.17, 15) is 9.59 Å². The van der Waals surface area contributed by atoms with Gasteiger partial charge in [-0.25, -0.2) is 0 Å². The lowest BCUT2D eigenvalue weighted by Crippen LogP contribution is -2.37. The number of nitrogens with one attached hydrogen (secondary N) is 1. The van der Waals surface area contributed by atoms with Crippen molar-refractivity contribution >= 4 is 29.3 Å². The molecule has 8 heteroatoms. The van der Waals surface area contributed by atoms with Crippen LogP contribution in [0.5, 0.6) is 0 Å². The number of aromatic nitrogens is 3. The van der Waals surface area contributed by atoms with Crippen LogP contribution >= 0.6 is 11.8 Å². The molecule has 0 unspecified atom stereocenters. The van der Waals surface area contributed by atoms with Crippen LogP contribution in [0.15, 0.2) is 35.7 Å². The summed E-state index contributed by atoms with van der Waals surface area (Å²) < 4.78 is 1.76. The van der Waals surface area contributed by atoms with Crippen LogP contribution in [0.2, 0.25) is 0 Å². The van der Waals surface area contributed by atoms with Crippen LogP contribution < -0.4 is 5.32 Å². The smallest absolute Gasteiger partial charge is 0.253 e. The number of anilines is 1. The molecule has 1 aromatic carbocycles. The van der Waals surface area contributed by atoms with Crippen molar-refractivity contribution in [3.05, 3.63) is 36.2 Å². The number of nitrogens with zero attached hydrogens (tertiary/aromatic N) is 4. The summed E-state index contributed by atoms with van der Waals surface area (Å²) in [6.45, 7) is 9.83. The molecule has 1 aromatic heterocycles. The lowest BCUT2D eigenvalue weighted by atomic mass is 10.1. The standard InChI is InChI=1S/C20H29N5O2S/c1-14(2)10-25(11-15(3)4)19(27)16-7-6-8-17(9-16)22-18(26)12-28-20-23-21-13-24(20)5/h6-9,13-15H,10-12H2,1-5H3,(H,22,26). The Morgan fingerprint density at radius 3 is 2.43 bits per heavy atom. The topological polar surface area (TPSA) is 80.1 Å². The number of benzene rings is 1. The summed E-state index contributed by atoms with van der Waals surface area (Å²) in [5, 5.41) is 11.3. The molecule has 0 atom stereocenters. The third-order valence-corrected chi connectivity index (χ3v) is 4.89. The zero-order valence-corrected chi connectivity index (χ0v) is 18.0. The van der Waals surface area contributed by atoms with E-state index in [-0.39, 0.29) is 17.6 Å². The van der Waals surface area contributed by atoms with Crippen molar-refractivity contribution in [2.75, 3.05) is 24.2 Å². The van der Waals surface area contributed by atoms with Crippen LogP contribution in [0.1, 0.15) is 38.1 Å². The summed E-state index contributed by atoms with van der Waals surface area (Å²) in [5.74, 6) is 0.842. The molecule has 0 spiro atoms. The Morgan fingerprint density at radius 2 is 1.86 bits per heavy atom. The predicted octanol–water partition coefficient (Wildman–Crippen LogP) is 3.30. The van der Waals surface area contributed by atoms with E-state index in [2.05, 4.69) is 43.2 Å². The van der Waals surface area contributed by atoms with Gasteiger partial charge in [-0.2, -0.15) is 0 Å². The Hall–Kier alpha value is -2.35. The first-order valence-electron chi connectivity index (χ1n) is 9.42. The summed E-state index contributed by atoms with van der Waals surface area (Å²) in [4.78, 5) is 27.1. The Balaban J connectivity index is 2.02. The lowest BCUT2D eigenvalue weighted by molar-refractivity contribution is -0.113. The van der Waals surface area contributed by atoms with Gasteiger partial charge < -0.3 is 14.8 Å². The first kappa shape index (κ1) is 21.9. The number of thioether (sulfide) groups is 1. The highest BCUT2D eigenvalue weighted by molar-refractivity contribution is 7.99. The Morgan fingerprint density at radius 1 is 1.18 bits per heavy atom. The fourth-order valence-electron chi connectivity index (χ4n) is 2.76. The van der Waals surface area contributed by atoms with E-state index < -0.39 is 0 Å². The number of rotatable bonds is 9. The second-order valence-corrected chi connectivity index (χ2v) is 8.58. The van der Waals surface area contributed by atoms with E-state index >= 15 is 0 Å². The van der Waals surface area contributed by atoms with Crippen molar-refractivity contribution in [1.82, 2.24) is 19.7 Å². The number of carbonyl (C=O) groups is 2. The van der Waals surface area contributed by atoms with Gasteiger partial charge >= 0.3 is 0 Å². The molecule has 0 aliphatic rings. The molecule has 0 saturated heterocycles. The summed E-state index contributed by atoms with van der Waals surface area (Å²) >= 11 is 1.31. The minimum absolute atomic E-state index is 0.00745. The van der Waals surface area contributed by atoms with Gasteiger partial charge in [0.05, 0.1) is 5.75 Å². The number of amides is 2. The van der Waals surface area contributed by atoms with Crippen LogP contribution in [0.25, 0.3) is 0 Å². The van der Waals surface area contributed by atoms with Crippen LogP contribution in [0.3, 0.4) is 0 Å². The van der Waals surface area contributed by atoms with Crippen molar-refractivity contribution in [3.8, 4) is 0 Å². The summed E-state index contributed by atoms with van der Waals surface area (Å²) in [6.07, 6.45) is 1.59. The molecule has 28 heavy (non-hydrogen) atoms. The van der Waals surface area contributed by atoms with E-state index in [0.29, 0.717) is 41.3 Å².